The van der Waals surface area contributed by atoms with E-state index in [-0.39, 0.29) is 12.0 Å². The number of nitrogens with one attached hydrogen (secondary N) is 1. The molecule has 5 rings (SSSR count). The average Bonchev–Trinajstić information content (AvgIpc) is 3.52. The van der Waals surface area contributed by atoms with Crippen LogP contribution in [0.5, 0.6) is 5.75 Å². The molecule has 0 aliphatic rings. The van der Waals surface area contributed by atoms with E-state index in [1.807, 2.05) is 103 Å². The number of nitrogens with zero attached hydrogens (tertiary/aromatic N) is 4. The highest BCUT2D eigenvalue weighted by Crippen LogP contribution is 2.26. The molecule has 7 heteroatoms. The molecule has 0 bridgehead atoms. The van der Waals surface area contributed by atoms with Gasteiger partial charge in [-0.15, -0.1) is 0 Å². The lowest BCUT2D eigenvalue weighted by Crippen LogP contribution is -2.22. The molecule has 0 fully saturated rings. The van der Waals surface area contributed by atoms with Crippen LogP contribution < -0.4 is 10.1 Å². The standard InChI is InChI=1S/C30H31N5O2/c1-20(2)37-26-13-9-23(10-14-26)18-31-30(36)25-11-7-24(8-12-25)19-35-28-27(21(3)17-22(4)32-28)29(33-35)34-15-5-6-16-34/h5-17,20H,18-19H2,1-4H3,(H,31,36). The van der Waals surface area contributed by atoms with E-state index in [2.05, 4.69) is 18.3 Å². The third kappa shape index (κ3) is 5.40. The lowest BCUT2D eigenvalue weighted by atomic mass is 10.1. The first kappa shape index (κ1) is 24.3. The molecule has 0 aliphatic carbocycles. The second kappa shape index (κ2) is 10.3. The third-order valence-electron chi connectivity index (χ3n) is 6.15. The first-order valence-corrected chi connectivity index (χ1v) is 12.5. The number of rotatable bonds is 8. The molecule has 0 spiro atoms. The molecule has 37 heavy (non-hydrogen) atoms. The first-order chi connectivity index (χ1) is 17.9. The molecule has 2 aromatic carbocycles. The van der Waals surface area contributed by atoms with Gasteiger partial charge in [0.1, 0.15) is 5.75 Å². The van der Waals surface area contributed by atoms with Gasteiger partial charge in [0, 0.05) is 30.2 Å². The van der Waals surface area contributed by atoms with Crippen LogP contribution in [0.15, 0.2) is 79.1 Å². The van der Waals surface area contributed by atoms with Gasteiger partial charge in [-0.25, -0.2) is 9.67 Å². The van der Waals surface area contributed by atoms with Crippen molar-refractivity contribution in [3.8, 4) is 11.6 Å². The average molecular weight is 494 g/mol. The summed E-state index contributed by atoms with van der Waals surface area (Å²) in [6.45, 7) is 9.10. The predicted octanol–water partition coefficient (Wildman–Crippen LogP) is 5.60. The summed E-state index contributed by atoms with van der Waals surface area (Å²) in [7, 11) is 0. The first-order valence-electron chi connectivity index (χ1n) is 12.5. The summed E-state index contributed by atoms with van der Waals surface area (Å²) < 4.78 is 9.63. The zero-order valence-electron chi connectivity index (χ0n) is 21.6. The Morgan fingerprint density at radius 1 is 0.973 bits per heavy atom. The second-order valence-corrected chi connectivity index (χ2v) is 9.54. The predicted molar refractivity (Wildman–Crippen MR) is 145 cm³/mol. The molecule has 0 saturated carbocycles. The van der Waals surface area contributed by atoms with E-state index in [0.717, 1.165) is 45.0 Å². The number of benzene rings is 2. The highest BCUT2D eigenvalue weighted by atomic mass is 16.5. The largest absolute Gasteiger partial charge is 0.491 e. The minimum Gasteiger partial charge on any atom is -0.491 e. The Labute approximate surface area is 216 Å². The van der Waals surface area contributed by atoms with Crippen molar-refractivity contribution in [2.45, 2.75) is 46.9 Å². The number of ether oxygens (including phenoxy) is 1. The summed E-state index contributed by atoms with van der Waals surface area (Å²) in [5.41, 5.74) is 5.63. The van der Waals surface area contributed by atoms with E-state index in [4.69, 9.17) is 14.8 Å². The molecule has 3 aromatic heterocycles. The van der Waals surface area contributed by atoms with Crippen LogP contribution in [0.2, 0.25) is 0 Å². The number of amides is 1. The van der Waals surface area contributed by atoms with E-state index in [1.165, 1.54) is 0 Å². The van der Waals surface area contributed by atoms with Crippen LogP contribution in [-0.2, 0) is 13.1 Å². The Morgan fingerprint density at radius 2 is 1.65 bits per heavy atom. The number of carbonyl (C=O) groups excluding carboxylic acids is 1. The molecule has 3 heterocycles. The minimum absolute atomic E-state index is 0.110. The molecular formula is C30H31N5O2. The fourth-order valence-electron chi connectivity index (χ4n) is 4.44. The van der Waals surface area contributed by atoms with Crippen molar-refractivity contribution in [3.05, 3.63) is 107 Å². The van der Waals surface area contributed by atoms with Crippen molar-refractivity contribution < 1.29 is 9.53 Å². The molecule has 1 amide bonds. The van der Waals surface area contributed by atoms with Crippen molar-refractivity contribution in [1.29, 1.82) is 0 Å². The maximum atomic E-state index is 12.7. The van der Waals surface area contributed by atoms with Crippen LogP contribution in [-0.4, -0.2) is 31.3 Å². The van der Waals surface area contributed by atoms with Crippen molar-refractivity contribution in [1.82, 2.24) is 24.6 Å². The SMILES string of the molecule is Cc1cc(C)c2c(-n3cccc3)nn(Cc3ccc(C(=O)NCc4ccc(OC(C)C)cc4)cc3)c2n1. The van der Waals surface area contributed by atoms with Crippen LogP contribution in [0.25, 0.3) is 16.9 Å². The minimum atomic E-state index is -0.110. The zero-order chi connectivity index (χ0) is 25.9. The maximum absolute atomic E-state index is 12.7. The highest BCUT2D eigenvalue weighted by Gasteiger charge is 2.16. The fourth-order valence-corrected chi connectivity index (χ4v) is 4.44. The van der Waals surface area contributed by atoms with E-state index in [9.17, 15) is 4.79 Å². The van der Waals surface area contributed by atoms with Gasteiger partial charge in [0.05, 0.1) is 18.0 Å². The molecule has 1 N–H and O–H groups in total. The molecule has 0 saturated heterocycles. The quantitative estimate of drug-likeness (QED) is 0.305. The van der Waals surface area contributed by atoms with Crippen molar-refractivity contribution in [3.63, 3.8) is 0 Å². The van der Waals surface area contributed by atoms with Gasteiger partial charge in [-0.2, -0.15) is 5.10 Å². The molecule has 5 aromatic rings. The zero-order valence-corrected chi connectivity index (χ0v) is 21.6. The number of aryl methyl sites for hydroxylation is 2. The Hall–Kier alpha value is -4.39. The highest BCUT2D eigenvalue weighted by molar-refractivity contribution is 5.94. The number of hydrogen-bond donors (Lipinski definition) is 1. The molecule has 0 unspecified atom stereocenters. The van der Waals surface area contributed by atoms with Gasteiger partial charge in [0.15, 0.2) is 11.5 Å². The Morgan fingerprint density at radius 3 is 2.32 bits per heavy atom. The summed E-state index contributed by atoms with van der Waals surface area (Å²) in [6, 6.07) is 21.5. The van der Waals surface area contributed by atoms with Crippen LogP contribution in [0, 0.1) is 13.8 Å². The molecule has 0 radical (unpaired) electrons. The summed E-state index contributed by atoms with van der Waals surface area (Å²) in [5.74, 6) is 1.58. The lowest BCUT2D eigenvalue weighted by molar-refractivity contribution is 0.0951. The number of pyridine rings is 1. The Bertz CT molecular complexity index is 1520. The summed E-state index contributed by atoms with van der Waals surface area (Å²) in [5, 5.41) is 8.93. The van der Waals surface area contributed by atoms with E-state index < -0.39 is 0 Å². The van der Waals surface area contributed by atoms with E-state index in [1.54, 1.807) is 0 Å². The van der Waals surface area contributed by atoms with Gasteiger partial charge >= 0.3 is 0 Å². The van der Waals surface area contributed by atoms with Crippen LogP contribution in [0.4, 0.5) is 0 Å². The lowest BCUT2D eigenvalue weighted by Gasteiger charge is -2.11. The monoisotopic (exact) mass is 493 g/mol. The van der Waals surface area contributed by atoms with Crippen molar-refractivity contribution >= 4 is 16.9 Å². The van der Waals surface area contributed by atoms with Gasteiger partial charge in [0.25, 0.3) is 5.91 Å². The molecule has 0 atom stereocenters. The maximum Gasteiger partial charge on any atom is 0.251 e. The molecule has 7 nitrogen and oxygen atoms in total. The van der Waals surface area contributed by atoms with Gasteiger partial charge in [-0.3, -0.25) is 4.79 Å². The van der Waals surface area contributed by atoms with E-state index in [0.29, 0.717) is 18.7 Å². The summed E-state index contributed by atoms with van der Waals surface area (Å²) in [6.07, 6.45) is 4.12. The molecule has 188 valence electrons. The Balaban J connectivity index is 1.29. The number of carbonyl (C=O) groups is 1. The van der Waals surface area contributed by atoms with Gasteiger partial charge in [0.2, 0.25) is 0 Å². The van der Waals surface area contributed by atoms with Gasteiger partial charge < -0.3 is 14.6 Å². The van der Waals surface area contributed by atoms with Crippen molar-refractivity contribution in [2.75, 3.05) is 0 Å². The second-order valence-electron chi connectivity index (χ2n) is 9.54. The van der Waals surface area contributed by atoms with Gasteiger partial charge in [-0.05, 0) is 86.8 Å². The Kier molecular flexibility index (Phi) is 6.77. The normalized spacial score (nSPS) is 11.3. The topological polar surface area (TPSA) is 74.0 Å². The van der Waals surface area contributed by atoms with Crippen molar-refractivity contribution in [2.24, 2.45) is 0 Å². The molecule has 0 aliphatic heterocycles. The summed E-state index contributed by atoms with van der Waals surface area (Å²) >= 11 is 0. The van der Waals surface area contributed by atoms with Crippen LogP contribution >= 0.6 is 0 Å². The number of fused-ring (bicyclic) bond motifs is 1. The number of aromatic nitrogens is 4. The smallest absolute Gasteiger partial charge is 0.251 e. The van der Waals surface area contributed by atoms with Crippen LogP contribution in [0.3, 0.4) is 0 Å². The fraction of sp³-hybridized carbons (Fsp3) is 0.233. The van der Waals surface area contributed by atoms with Gasteiger partial charge in [-0.1, -0.05) is 24.3 Å². The van der Waals surface area contributed by atoms with Crippen LogP contribution in [0.1, 0.15) is 46.6 Å². The summed E-state index contributed by atoms with van der Waals surface area (Å²) in [4.78, 5) is 17.5. The third-order valence-corrected chi connectivity index (χ3v) is 6.15. The van der Waals surface area contributed by atoms with E-state index >= 15 is 0 Å². The number of hydrogen-bond acceptors (Lipinski definition) is 4. The molecular weight excluding hydrogens is 462 g/mol.